The molecule has 0 N–H and O–H groups in total. The molecular weight excluding hydrogens is 370 g/mol. The second kappa shape index (κ2) is 23.4. The molecule has 0 unspecified atom stereocenters. The summed E-state index contributed by atoms with van der Waals surface area (Å²) in [6, 6.07) is 0. The predicted octanol–water partition coefficient (Wildman–Crippen LogP) is 6.72. The molecule has 0 bridgehead atoms. The molecule has 0 aromatic rings. The number of esters is 1. The van der Waals surface area contributed by atoms with Gasteiger partial charge in [-0.2, -0.15) is 12.6 Å². The van der Waals surface area contributed by atoms with Crippen molar-refractivity contribution < 1.29 is 29.0 Å². The van der Waals surface area contributed by atoms with E-state index in [9.17, 15) is 4.79 Å². The van der Waals surface area contributed by atoms with Crippen LogP contribution in [0, 0.1) is 0 Å². The Balaban J connectivity index is 0. The van der Waals surface area contributed by atoms with Crippen molar-refractivity contribution in [3.05, 3.63) is 0 Å². The molecule has 0 aliphatic heterocycles. The zero-order chi connectivity index (χ0) is 17.0. The zero-order valence-corrected chi connectivity index (χ0v) is 20.1. The number of ether oxygens (including phenoxy) is 1. The van der Waals surface area contributed by atoms with Gasteiger partial charge >= 0.3 is 5.97 Å². The number of rotatable bonds is 18. The van der Waals surface area contributed by atoms with Crippen molar-refractivity contribution >= 4 is 18.6 Å². The van der Waals surface area contributed by atoms with Crippen LogP contribution in [0.1, 0.15) is 110 Å². The van der Waals surface area contributed by atoms with Crippen LogP contribution in [0.4, 0.5) is 0 Å². The maximum atomic E-state index is 11.3. The second-order valence-corrected chi connectivity index (χ2v) is 7.09. The first-order valence-electron chi connectivity index (χ1n) is 10.1. The first-order valence-corrected chi connectivity index (χ1v) is 10.7. The number of unbranched alkanes of at least 4 members (excludes halogenated alkanes) is 14. The van der Waals surface area contributed by atoms with Crippen LogP contribution in [-0.4, -0.2) is 18.3 Å². The fourth-order valence-electron chi connectivity index (χ4n) is 2.87. The Morgan fingerprint density at radius 3 is 1.46 bits per heavy atom. The van der Waals surface area contributed by atoms with Crippen molar-refractivity contribution in [1.82, 2.24) is 0 Å². The topological polar surface area (TPSA) is 26.3 Å². The predicted molar refractivity (Wildman–Crippen MR) is 104 cm³/mol. The largest absolute Gasteiger partial charge is 0.465 e. The first-order chi connectivity index (χ1) is 11.3. The molecule has 0 saturated carbocycles. The quantitative estimate of drug-likeness (QED) is 0.118. The Morgan fingerprint density at radius 2 is 1.08 bits per heavy atom. The van der Waals surface area contributed by atoms with Gasteiger partial charge in [-0.05, 0) is 6.42 Å². The number of carbonyl (C=O) groups is 1. The summed E-state index contributed by atoms with van der Waals surface area (Å²) in [6.45, 7) is 2.72. The van der Waals surface area contributed by atoms with Gasteiger partial charge in [-0.25, -0.2) is 0 Å². The summed E-state index contributed by atoms with van der Waals surface area (Å²) in [5.74, 6) is 0.554. The Hall–Kier alpha value is 0.443. The van der Waals surface area contributed by atoms with Crippen molar-refractivity contribution in [2.45, 2.75) is 110 Å². The third kappa shape index (κ3) is 22.4. The summed E-state index contributed by atoms with van der Waals surface area (Å²) < 4.78 is 4.99. The van der Waals surface area contributed by atoms with Crippen molar-refractivity contribution in [2.75, 3.05) is 12.4 Å². The van der Waals surface area contributed by atoms with Gasteiger partial charge in [0.15, 0.2) is 0 Å². The molecule has 0 rings (SSSR count). The van der Waals surface area contributed by atoms with Crippen LogP contribution < -0.4 is 0 Å². The van der Waals surface area contributed by atoms with E-state index in [1.807, 2.05) is 0 Å². The summed E-state index contributed by atoms with van der Waals surface area (Å²) >= 11 is 4.02. The number of carbonyl (C=O) groups excluding carboxylic acids is 1. The SMILES string of the molecule is CCCCCCCCCCCCCCCCCC(=O)OCCS.[Zn]. The second-order valence-electron chi connectivity index (χ2n) is 6.64. The van der Waals surface area contributed by atoms with Crippen LogP contribution in [0.25, 0.3) is 0 Å². The van der Waals surface area contributed by atoms with Crippen LogP contribution >= 0.6 is 12.6 Å². The van der Waals surface area contributed by atoms with E-state index in [-0.39, 0.29) is 25.4 Å². The van der Waals surface area contributed by atoms with E-state index in [0.717, 1.165) is 12.8 Å². The fraction of sp³-hybridized carbons (Fsp3) is 0.950. The van der Waals surface area contributed by atoms with Gasteiger partial charge in [-0.15, -0.1) is 0 Å². The summed E-state index contributed by atoms with van der Waals surface area (Å²) in [5.41, 5.74) is 0. The van der Waals surface area contributed by atoms with Crippen LogP contribution in [-0.2, 0) is 29.0 Å². The molecule has 0 saturated heterocycles. The summed E-state index contributed by atoms with van der Waals surface area (Å²) in [5, 5.41) is 0. The number of hydrogen-bond donors (Lipinski definition) is 1. The van der Waals surface area contributed by atoms with Gasteiger partial charge in [0.2, 0.25) is 0 Å². The van der Waals surface area contributed by atoms with E-state index in [1.54, 1.807) is 0 Å². The molecule has 0 aliphatic carbocycles. The van der Waals surface area contributed by atoms with Crippen molar-refractivity contribution in [3.63, 3.8) is 0 Å². The minimum Gasteiger partial charge on any atom is -0.465 e. The Bertz CT molecular complexity index is 250. The molecule has 140 valence electrons. The third-order valence-electron chi connectivity index (χ3n) is 4.34. The van der Waals surface area contributed by atoms with Crippen LogP contribution in [0.5, 0.6) is 0 Å². The molecule has 0 aliphatic rings. The summed E-state index contributed by atoms with van der Waals surface area (Å²) in [7, 11) is 0. The van der Waals surface area contributed by atoms with Crippen LogP contribution in [0.2, 0.25) is 0 Å². The third-order valence-corrected chi connectivity index (χ3v) is 4.52. The van der Waals surface area contributed by atoms with Crippen LogP contribution in [0.3, 0.4) is 0 Å². The molecule has 0 amide bonds. The smallest absolute Gasteiger partial charge is 0.305 e. The average Bonchev–Trinajstić information content (AvgIpc) is 2.56. The van der Waals surface area contributed by atoms with E-state index in [4.69, 9.17) is 4.74 Å². The molecule has 0 atom stereocenters. The minimum atomic E-state index is -0.0613. The normalized spacial score (nSPS) is 10.4. The van der Waals surface area contributed by atoms with Crippen molar-refractivity contribution in [1.29, 1.82) is 0 Å². The van der Waals surface area contributed by atoms with E-state index in [1.165, 1.54) is 83.5 Å². The molecule has 2 nitrogen and oxygen atoms in total. The molecule has 0 aromatic heterocycles. The van der Waals surface area contributed by atoms with Gasteiger partial charge in [0.05, 0.1) is 0 Å². The molecular formula is C20H40O2SZn. The minimum absolute atomic E-state index is 0. The van der Waals surface area contributed by atoms with Gasteiger partial charge in [-0.1, -0.05) is 96.8 Å². The van der Waals surface area contributed by atoms with Gasteiger partial charge in [0.1, 0.15) is 6.61 Å². The van der Waals surface area contributed by atoms with Gasteiger partial charge in [-0.3, -0.25) is 4.79 Å². The number of thiol groups is 1. The van der Waals surface area contributed by atoms with Crippen molar-refractivity contribution in [3.8, 4) is 0 Å². The molecule has 0 radical (unpaired) electrons. The summed E-state index contributed by atoms with van der Waals surface area (Å²) in [4.78, 5) is 11.3. The molecule has 0 aromatic carbocycles. The molecule has 0 fully saturated rings. The zero-order valence-electron chi connectivity index (χ0n) is 16.2. The van der Waals surface area contributed by atoms with E-state index < -0.39 is 0 Å². The molecule has 0 heterocycles. The summed E-state index contributed by atoms with van der Waals surface area (Å²) in [6.07, 6.45) is 20.8. The maximum absolute atomic E-state index is 11.3. The van der Waals surface area contributed by atoms with E-state index in [2.05, 4.69) is 19.6 Å². The molecule has 24 heavy (non-hydrogen) atoms. The first kappa shape index (κ1) is 26.7. The van der Waals surface area contributed by atoms with E-state index in [0.29, 0.717) is 18.8 Å². The Kier molecular flexibility index (Phi) is 26.1. The fourth-order valence-corrected chi connectivity index (χ4v) is 2.96. The van der Waals surface area contributed by atoms with Gasteiger partial charge in [0.25, 0.3) is 0 Å². The Morgan fingerprint density at radius 1 is 0.708 bits per heavy atom. The molecule has 4 heteroatoms. The average molecular weight is 410 g/mol. The van der Waals surface area contributed by atoms with Crippen molar-refractivity contribution in [2.24, 2.45) is 0 Å². The van der Waals surface area contributed by atoms with Gasteiger partial charge in [0, 0.05) is 31.7 Å². The molecule has 0 spiro atoms. The number of hydrogen-bond acceptors (Lipinski definition) is 3. The van der Waals surface area contributed by atoms with Crippen LogP contribution in [0.15, 0.2) is 0 Å². The maximum Gasteiger partial charge on any atom is 0.305 e. The van der Waals surface area contributed by atoms with E-state index >= 15 is 0 Å². The monoisotopic (exact) mass is 408 g/mol. The Labute approximate surface area is 169 Å². The standard InChI is InChI=1S/C20H40O2S.Zn/c1-2-3-4-5-6-7-8-9-10-11-12-13-14-15-16-17-20(21)22-18-19-23;/h23H,2-19H2,1H3;. The van der Waals surface area contributed by atoms with Gasteiger partial charge < -0.3 is 4.74 Å².